The average Bonchev–Trinajstić information content (AvgIpc) is 2.70. The molecule has 5 heteroatoms. The molecule has 4 rings (SSSR count). The summed E-state index contributed by atoms with van der Waals surface area (Å²) in [5.41, 5.74) is 3.56. The molecule has 0 spiro atoms. The van der Waals surface area contributed by atoms with Gasteiger partial charge in [0.2, 0.25) is 0 Å². The maximum Gasteiger partial charge on any atom is 0.258 e. The van der Waals surface area contributed by atoms with E-state index in [0.717, 1.165) is 17.0 Å². The van der Waals surface area contributed by atoms with Gasteiger partial charge >= 0.3 is 0 Å². The molecular formula is C23H18F2N2O. The predicted molar refractivity (Wildman–Crippen MR) is 106 cm³/mol. The highest BCUT2D eigenvalue weighted by molar-refractivity contribution is 6.15. The highest BCUT2D eigenvalue weighted by Gasteiger charge is 2.32. The molecular weight excluding hydrogens is 358 g/mol. The van der Waals surface area contributed by atoms with E-state index in [2.05, 4.69) is 0 Å². The second kappa shape index (κ2) is 7.35. The van der Waals surface area contributed by atoms with Gasteiger partial charge in [-0.1, -0.05) is 18.2 Å². The van der Waals surface area contributed by atoms with E-state index in [1.807, 2.05) is 31.2 Å². The van der Waals surface area contributed by atoms with Crippen molar-refractivity contribution >= 4 is 23.0 Å². The van der Waals surface area contributed by atoms with Crippen LogP contribution in [0, 0.1) is 11.6 Å². The van der Waals surface area contributed by atoms with Crippen molar-refractivity contribution in [2.24, 2.45) is 4.99 Å². The third-order valence-corrected chi connectivity index (χ3v) is 4.80. The van der Waals surface area contributed by atoms with Crippen LogP contribution in [0.4, 0.5) is 20.2 Å². The molecule has 0 N–H and O–H groups in total. The topological polar surface area (TPSA) is 32.7 Å². The number of rotatable bonds is 2. The molecule has 0 aliphatic carbocycles. The Morgan fingerprint density at radius 2 is 1.54 bits per heavy atom. The molecule has 28 heavy (non-hydrogen) atoms. The third kappa shape index (κ3) is 3.43. The number of hydrogen-bond donors (Lipinski definition) is 0. The van der Waals surface area contributed by atoms with Gasteiger partial charge in [-0.25, -0.2) is 8.78 Å². The van der Waals surface area contributed by atoms with Gasteiger partial charge in [0.25, 0.3) is 5.91 Å². The van der Waals surface area contributed by atoms with Gasteiger partial charge < -0.3 is 4.90 Å². The van der Waals surface area contributed by atoms with Gasteiger partial charge in [-0.15, -0.1) is 0 Å². The van der Waals surface area contributed by atoms with Crippen LogP contribution in [0.3, 0.4) is 0 Å². The lowest BCUT2D eigenvalue weighted by atomic mass is 9.93. The number of para-hydroxylation sites is 1. The van der Waals surface area contributed by atoms with Crippen molar-refractivity contribution in [3.05, 3.63) is 95.6 Å². The van der Waals surface area contributed by atoms with Crippen LogP contribution in [-0.4, -0.2) is 17.7 Å². The summed E-state index contributed by atoms with van der Waals surface area (Å²) in [4.78, 5) is 19.5. The summed E-state index contributed by atoms with van der Waals surface area (Å²) < 4.78 is 26.4. The monoisotopic (exact) mass is 376 g/mol. The number of anilines is 1. The first-order valence-electron chi connectivity index (χ1n) is 9.04. The Balaban J connectivity index is 1.75. The first-order chi connectivity index (χ1) is 13.5. The van der Waals surface area contributed by atoms with Crippen LogP contribution in [-0.2, 0) is 0 Å². The fourth-order valence-electron chi connectivity index (χ4n) is 3.46. The fraction of sp³-hybridized carbons (Fsp3) is 0.130. The minimum atomic E-state index is -0.377. The molecule has 0 radical (unpaired) electrons. The summed E-state index contributed by atoms with van der Waals surface area (Å²) >= 11 is 0. The number of amides is 1. The lowest BCUT2D eigenvalue weighted by Gasteiger charge is -2.36. The van der Waals surface area contributed by atoms with Crippen LogP contribution in [0.5, 0.6) is 0 Å². The van der Waals surface area contributed by atoms with Gasteiger partial charge in [0.05, 0.1) is 17.1 Å². The number of hydrogen-bond acceptors (Lipinski definition) is 2. The number of carbonyl (C=O) groups excluding carboxylic acids is 1. The van der Waals surface area contributed by atoms with E-state index in [1.165, 1.54) is 36.4 Å². The van der Waals surface area contributed by atoms with Gasteiger partial charge in [0, 0.05) is 23.6 Å². The average molecular weight is 376 g/mol. The Labute approximate surface area is 162 Å². The lowest BCUT2D eigenvalue weighted by Crippen LogP contribution is -2.44. The zero-order valence-electron chi connectivity index (χ0n) is 15.3. The summed E-state index contributed by atoms with van der Waals surface area (Å²) in [5, 5.41) is 0. The van der Waals surface area contributed by atoms with Crippen LogP contribution in [0.25, 0.3) is 0 Å². The normalized spacial score (nSPS) is 17.5. The smallest absolute Gasteiger partial charge is 0.258 e. The highest BCUT2D eigenvalue weighted by Crippen LogP contribution is 2.33. The molecule has 0 saturated heterocycles. The van der Waals surface area contributed by atoms with Crippen molar-refractivity contribution in [3.63, 3.8) is 0 Å². The molecule has 3 aromatic rings. The molecule has 0 aromatic heterocycles. The summed E-state index contributed by atoms with van der Waals surface area (Å²) in [6, 6.07) is 19.0. The molecule has 0 fully saturated rings. The van der Waals surface area contributed by atoms with E-state index in [0.29, 0.717) is 17.7 Å². The maximum atomic E-state index is 13.2. The summed E-state index contributed by atoms with van der Waals surface area (Å²) in [6.45, 7) is 1.96. The van der Waals surface area contributed by atoms with Crippen molar-refractivity contribution in [1.82, 2.24) is 0 Å². The Bertz CT molecular complexity index is 1040. The number of fused-ring (bicyclic) bond motifs is 1. The number of nitrogens with zero attached hydrogens (tertiary/aromatic N) is 2. The van der Waals surface area contributed by atoms with Crippen LogP contribution < -0.4 is 4.90 Å². The third-order valence-electron chi connectivity index (χ3n) is 4.80. The van der Waals surface area contributed by atoms with Crippen molar-refractivity contribution in [3.8, 4) is 0 Å². The second-order valence-corrected chi connectivity index (χ2v) is 6.79. The molecule has 0 bridgehead atoms. The molecule has 140 valence electrons. The second-order valence-electron chi connectivity index (χ2n) is 6.79. The quantitative estimate of drug-likeness (QED) is 0.579. The van der Waals surface area contributed by atoms with Crippen LogP contribution in [0.15, 0.2) is 77.8 Å². The van der Waals surface area contributed by atoms with Crippen LogP contribution in [0.2, 0.25) is 0 Å². The minimum Gasteiger partial charge on any atom is -0.305 e. The van der Waals surface area contributed by atoms with Crippen molar-refractivity contribution in [2.75, 3.05) is 4.90 Å². The highest BCUT2D eigenvalue weighted by atomic mass is 19.1. The number of carbonyl (C=O) groups is 1. The van der Waals surface area contributed by atoms with Crippen molar-refractivity contribution < 1.29 is 13.6 Å². The van der Waals surface area contributed by atoms with E-state index >= 15 is 0 Å². The van der Waals surface area contributed by atoms with E-state index in [-0.39, 0.29) is 23.6 Å². The van der Waals surface area contributed by atoms with Gasteiger partial charge in [0.15, 0.2) is 0 Å². The first kappa shape index (κ1) is 18.0. The lowest BCUT2D eigenvalue weighted by molar-refractivity contribution is 0.0978. The number of halogens is 2. The Kier molecular flexibility index (Phi) is 4.74. The van der Waals surface area contributed by atoms with E-state index in [4.69, 9.17) is 4.99 Å². The largest absolute Gasteiger partial charge is 0.305 e. The van der Waals surface area contributed by atoms with Gasteiger partial charge in [-0.2, -0.15) is 0 Å². The zero-order valence-corrected chi connectivity index (χ0v) is 15.3. The van der Waals surface area contributed by atoms with Crippen LogP contribution in [0.1, 0.15) is 29.3 Å². The minimum absolute atomic E-state index is 0.133. The van der Waals surface area contributed by atoms with Crippen LogP contribution >= 0.6 is 0 Å². The molecule has 1 amide bonds. The van der Waals surface area contributed by atoms with E-state index < -0.39 is 0 Å². The maximum absolute atomic E-state index is 13.2. The van der Waals surface area contributed by atoms with Crippen molar-refractivity contribution in [2.45, 2.75) is 19.4 Å². The molecule has 1 aliphatic heterocycles. The first-order valence-corrected chi connectivity index (χ1v) is 9.04. The zero-order chi connectivity index (χ0) is 19.7. The SMILES string of the molecule is C[C@H]1CC(=Nc2ccc(F)cc2)c2ccccc2N1C(=O)c1ccc(F)cc1. The molecule has 0 unspecified atom stereocenters. The predicted octanol–water partition coefficient (Wildman–Crippen LogP) is 5.52. The van der Waals surface area contributed by atoms with Gasteiger partial charge in [-0.05, 0) is 61.5 Å². The molecule has 0 saturated carbocycles. The molecule has 3 aromatic carbocycles. The van der Waals surface area contributed by atoms with E-state index in [1.54, 1.807) is 17.0 Å². The Morgan fingerprint density at radius 1 is 0.929 bits per heavy atom. The molecule has 3 nitrogen and oxygen atoms in total. The molecule has 1 heterocycles. The fourth-order valence-corrected chi connectivity index (χ4v) is 3.46. The Morgan fingerprint density at radius 3 is 2.21 bits per heavy atom. The Hall–Kier alpha value is -3.34. The molecule has 1 atom stereocenters. The summed E-state index contributed by atoms with van der Waals surface area (Å²) in [7, 11) is 0. The summed E-state index contributed by atoms with van der Waals surface area (Å²) in [6.07, 6.45) is 0.557. The summed E-state index contributed by atoms with van der Waals surface area (Å²) in [5.74, 6) is -0.865. The number of aliphatic imine (C=N–C) groups is 1. The van der Waals surface area contributed by atoms with Crippen molar-refractivity contribution in [1.29, 1.82) is 0 Å². The standard InChI is InChI=1S/C23H18F2N2O/c1-15-14-21(26-19-12-10-18(25)11-13-19)20-4-2-3-5-22(20)27(15)23(28)16-6-8-17(24)9-7-16/h2-13,15H,14H2,1H3/t15-/m0/s1. The number of benzene rings is 3. The van der Waals surface area contributed by atoms with Gasteiger partial charge in [0.1, 0.15) is 11.6 Å². The van der Waals surface area contributed by atoms with E-state index in [9.17, 15) is 13.6 Å². The van der Waals surface area contributed by atoms with Gasteiger partial charge in [-0.3, -0.25) is 9.79 Å². The molecule has 1 aliphatic rings.